The maximum atomic E-state index is 13.5. The zero-order chi connectivity index (χ0) is 13.2. The van der Waals surface area contributed by atoms with Crippen molar-refractivity contribution in [3.8, 4) is 0 Å². The minimum atomic E-state index is -0.600. The number of benzene rings is 1. The van der Waals surface area contributed by atoms with Gasteiger partial charge in [0.15, 0.2) is 0 Å². The number of nitrogens with one attached hydrogen (secondary N) is 1. The Hall–Kier alpha value is -2.43. The summed E-state index contributed by atoms with van der Waals surface area (Å²) in [7, 11) is 0. The topological polar surface area (TPSA) is 29.3 Å². The number of nitrogens with zero attached hydrogens (tertiary/aromatic N) is 2. The standard InChI is InChI=1S/C14H11F2N3/c15-11-4-3-5-12(16)14(11)17-8-10-9-18-19-7-2-1-6-13(10)19/h1-7,9,17H,8H2. The molecule has 1 aromatic carbocycles. The fourth-order valence-electron chi connectivity index (χ4n) is 1.97. The molecule has 96 valence electrons. The molecule has 1 N–H and O–H groups in total. The maximum Gasteiger partial charge on any atom is 0.149 e. The summed E-state index contributed by atoms with van der Waals surface area (Å²) < 4.78 is 28.7. The van der Waals surface area contributed by atoms with Gasteiger partial charge in [-0.05, 0) is 24.3 Å². The van der Waals surface area contributed by atoms with E-state index in [2.05, 4.69) is 10.4 Å². The SMILES string of the molecule is Fc1cccc(F)c1NCc1cnn2ccccc12. The molecule has 0 spiro atoms. The molecular weight excluding hydrogens is 248 g/mol. The van der Waals surface area contributed by atoms with Crippen molar-refractivity contribution in [2.45, 2.75) is 6.54 Å². The lowest BCUT2D eigenvalue weighted by atomic mass is 10.2. The Kier molecular flexibility index (Phi) is 2.87. The van der Waals surface area contributed by atoms with Gasteiger partial charge >= 0.3 is 0 Å². The number of anilines is 1. The highest BCUT2D eigenvalue weighted by Crippen LogP contribution is 2.19. The largest absolute Gasteiger partial charge is 0.376 e. The summed E-state index contributed by atoms with van der Waals surface area (Å²) in [6, 6.07) is 9.45. The average Bonchev–Trinajstić information content (AvgIpc) is 2.82. The summed E-state index contributed by atoms with van der Waals surface area (Å²) in [5.74, 6) is -1.20. The van der Waals surface area contributed by atoms with Gasteiger partial charge in [-0.2, -0.15) is 5.10 Å². The molecule has 0 unspecified atom stereocenters. The van der Waals surface area contributed by atoms with Gasteiger partial charge in [0.1, 0.15) is 17.3 Å². The minimum Gasteiger partial charge on any atom is -0.376 e. The van der Waals surface area contributed by atoms with Crippen LogP contribution in [0, 0.1) is 11.6 Å². The van der Waals surface area contributed by atoms with Gasteiger partial charge in [0.2, 0.25) is 0 Å². The van der Waals surface area contributed by atoms with Crippen molar-refractivity contribution in [2.75, 3.05) is 5.32 Å². The van der Waals surface area contributed by atoms with Crippen molar-refractivity contribution in [1.82, 2.24) is 9.61 Å². The Bertz CT molecular complexity index is 701. The summed E-state index contributed by atoms with van der Waals surface area (Å²) in [5.41, 5.74) is 1.67. The molecule has 0 amide bonds. The number of fused-ring (bicyclic) bond motifs is 1. The third-order valence-corrected chi connectivity index (χ3v) is 2.92. The first-order chi connectivity index (χ1) is 9.25. The molecule has 3 aromatic rings. The second-order valence-corrected chi connectivity index (χ2v) is 4.15. The molecule has 0 atom stereocenters. The van der Waals surface area contributed by atoms with E-state index in [1.165, 1.54) is 18.2 Å². The van der Waals surface area contributed by atoms with Crippen LogP contribution < -0.4 is 5.32 Å². The zero-order valence-electron chi connectivity index (χ0n) is 9.98. The van der Waals surface area contributed by atoms with E-state index in [0.29, 0.717) is 6.54 Å². The number of aromatic nitrogens is 2. The lowest BCUT2D eigenvalue weighted by Crippen LogP contribution is -2.03. The number of pyridine rings is 1. The molecule has 3 nitrogen and oxygen atoms in total. The number of para-hydroxylation sites is 1. The second-order valence-electron chi connectivity index (χ2n) is 4.15. The van der Waals surface area contributed by atoms with Crippen LogP contribution in [-0.4, -0.2) is 9.61 Å². The molecule has 19 heavy (non-hydrogen) atoms. The fourth-order valence-corrected chi connectivity index (χ4v) is 1.97. The van der Waals surface area contributed by atoms with Crippen LogP contribution in [-0.2, 0) is 6.54 Å². The maximum absolute atomic E-state index is 13.5. The highest BCUT2D eigenvalue weighted by molar-refractivity contribution is 5.55. The Morgan fingerprint density at radius 2 is 1.84 bits per heavy atom. The lowest BCUT2D eigenvalue weighted by molar-refractivity contribution is 0.588. The molecule has 2 heterocycles. The van der Waals surface area contributed by atoms with E-state index in [4.69, 9.17) is 0 Å². The predicted molar refractivity (Wildman–Crippen MR) is 68.9 cm³/mol. The van der Waals surface area contributed by atoms with E-state index < -0.39 is 11.6 Å². The predicted octanol–water partition coefficient (Wildman–Crippen LogP) is 3.22. The third-order valence-electron chi connectivity index (χ3n) is 2.92. The Labute approximate surface area is 108 Å². The Morgan fingerprint density at radius 1 is 1.05 bits per heavy atom. The number of rotatable bonds is 3. The van der Waals surface area contributed by atoms with E-state index in [-0.39, 0.29) is 5.69 Å². The van der Waals surface area contributed by atoms with Crippen LogP contribution in [0.4, 0.5) is 14.5 Å². The van der Waals surface area contributed by atoms with E-state index >= 15 is 0 Å². The summed E-state index contributed by atoms with van der Waals surface area (Å²) >= 11 is 0. The first-order valence-corrected chi connectivity index (χ1v) is 5.85. The van der Waals surface area contributed by atoms with Gasteiger partial charge in [-0.1, -0.05) is 12.1 Å². The molecule has 0 radical (unpaired) electrons. The molecule has 0 saturated heterocycles. The van der Waals surface area contributed by atoms with Crippen LogP contribution in [0.2, 0.25) is 0 Å². The first-order valence-electron chi connectivity index (χ1n) is 5.85. The van der Waals surface area contributed by atoms with Crippen LogP contribution in [0.1, 0.15) is 5.56 Å². The van der Waals surface area contributed by atoms with Gasteiger partial charge in [0.25, 0.3) is 0 Å². The molecule has 0 aliphatic rings. The van der Waals surface area contributed by atoms with E-state index in [1.807, 2.05) is 24.4 Å². The lowest BCUT2D eigenvalue weighted by Gasteiger charge is -2.07. The fraction of sp³-hybridized carbons (Fsp3) is 0.0714. The highest BCUT2D eigenvalue weighted by Gasteiger charge is 2.09. The normalized spacial score (nSPS) is 10.8. The first kappa shape index (κ1) is 11.6. The molecule has 0 saturated carbocycles. The zero-order valence-corrected chi connectivity index (χ0v) is 9.98. The third kappa shape index (κ3) is 2.14. The van der Waals surface area contributed by atoms with Crippen LogP contribution in [0.5, 0.6) is 0 Å². The Morgan fingerprint density at radius 3 is 2.63 bits per heavy atom. The van der Waals surface area contributed by atoms with Crippen molar-refractivity contribution in [2.24, 2.45) is 0 Å². The van der Waals surface area contributed by atoms with Crippen molar-refractivity contribution < 1.29 is 8.78 Å². The van der Waals surface area contributed by atoms with Gasteiger partial charge in [-0.3, -0.25) is 0 Å². The van der Waals surface area contributed by atoms with E-state index in [9.17, 15) is 8.78 Å². The molecule has 0 aliphatic carbocycles. The molecule has 0 bridgehead atoms. The molecule has 0 aliphatic heterocycles. The monoisotopic (exact) mass is 259 g/mol. The molecule has 5 heteroatoms. The molecule has 0 fully saturated rings. The average molecular weight is 259 g/mol. The van der Waals surface area contributed by atoms with Crippen LogP contribution in [0.3, 0.4) is 0 Å². The molecule has 3 rings (SSSR count). The van der Waals surface area contributed by atoms with Crippen molar-refractivity contribution in [3.63, 3.8) is 0 Å². The van der Waals surface area contributed by atoms with Crippen LogP contribution in [0.15, 0.2) is 48.8 Å². The van der Waals surface area contributed by atoms with Crippen LogP contribution in [0.25, 0.3) is 5.52 Å². The molecular formula is C14H11F2N3. The van der Waals surface area contributed by atoms with Crippen molar-refractivity contribution in [3.05, 3.63) is 66.0 Å². The summed E-state index contributed by atoms with van der Waals surface area (Å²) in [5, 5.41) is 6.94. The van der Waals surface area contributed by atoms with Gasteiger partial charge in [-0.15, -0.1) is 0 Å². The van der Waals surface area contributed by atoms with E-state index in [0.717, 1.165) is 11.1 Å². The summed E-state index contributed by atoms with van der Waals surface area (Å²) in [6.45, 7) is 0.311. The van der Waals surface area contributed by atoms with Gasteiger partial charge < -0.3 is 5.32 Å². The van der Waals surface area contributed by atoms with E-state index in [1.54, 1.807) is 10.7 Å². The number of hydrogen-bond acceptors (Lipinski definition) is 2. The van der Waals surface area contributed by atoms with Crippen molar-refractivity contribution >= 4 is 11.2 Å². The van der Waals surface area contributed by atoms with Gasteiger partial charge in [0, 0.05) is 18.3 Å². The Balaban J connectivity index is 1.87. The number of halogens is 2. The smallest absolute Gasteiger partial charge is 0.149 e. The van der Waals surface area contributed by atoms with Crippen LogP contribution >= 0.6 is 0 Å². The van der Waals surface area contributed by atoms with Gasteiger partial charge in [0.05, 0.1) is 11.7 Å². The number of hydrogen-bond donors (Lipinski definition) is 1. The second kappa shape index (κ2) is 4.68. The quantitative estimate of drug-likeness (QED) is 0.782. The minimum absolute atomic E-state index is 0.113. The van der Waals surface area contributed by atoms with Gasteiger partial charge in [-0.25, -0.2) is 13.3 Å². The van der Waals surface area contributed by atoms with Crippen molar-refractivity contribution in [1.29, 1.82) is 0 Å². The summed E-state index contributed by atoms with van der Waals surface area (Å²) in [6.07, 6.45) is 3.50. The molecule has 2 aromatic heterocycles. The highest BCUT2D eigenvalue weighted by atomic mass is 19.1. The summed E-state index contributed by atoms with van der Waals surface area (Å²) in [4.78, 5) is 0.